The van der Waals surface area contributed by atoms with Crippen molar-refractivity contribution in [3.63, 3.8) is 0 Å². The molecule has 0 radical (unpaired) electrons. The van der Waals surface area contributed by atoms with Gasteiger partial charge in [-0.3, -0.25) is 0 Å². The normalized spacial score (nSPS) is 16.7. The highest BCUT2D eigenvalue weighted by Gasteiger charge is 2.03. The van der Waals surface area contributed by atoms with Crippen LogP contribution in [0.4, 0.5) is 0 Å². The molecule has 0 bridgehead atoms. The molecule has 0 aromatic carbocycles. The van der Waals surface area contributed by atoms with Crippen molar-refractivity contribution in [3.05, 3.63) is 29.0 Å². The average molecular weight is 148 g/mol. The predicted octanol–water partition coefficient (Wildman–Crippen LogP) is 3.61. The molecule has 0 atom stereocenters. The summed E-state index contributed by atoms with van der Waals surface area (Å²) in [6.45, 7) is 4.17. The van der Waals surface area contributed by atoms with Gasteiger partial charge in [-0.25, -0.2) is 0 Å². The van der Waals surface area contributed by atoms with E-state index in [-0.39, 0.29) is 0 Å². The standard InChI is InChI=1S/C11H16/c1-3-7-10(2)11-8-5-4-6-9-11/h3,8H,4-6,9H2,1-2H3. The maximum atomic E-state index is 3.24. The summed E-state index contributed by atoms with van der Waals surface area (Å²) in [4.78, 5) is 0. The minimum absolute atomic E-state index is 1.26. The SMILES string of the molecule is CC=C=C(C)C1=CCCCC1. The molecule has 0 unspecified atom stereocenters. The molecule has 0 aliphatic heterocycles. The lowest BCUT2D eigenvalue weighted by molar-refractivity contribution is 0.706. The molecule has 60 valence electrons. The fraction of sp³-hybridized carbons (Fsp3) is 0.545. The second kappa shape index (κ2) is 4.20. The maximum Gasteiger partial charge on any atom is -0.00660 e. The first-order valence-corrected chi connectivity index (χ1v) is 4.42. The molecule has 0 saturated carbocycles. The smallest absolute Gasteiger partial charge is 0.00660 e. The highest BCUT2D eigenvalue weighted by molar-refractivity contribution is 5.29. The van der Waals surface area contributed by atoms with E-state index in [4.69, 9.17) is 0 Å². The first kappa shape index (κ1) is 8.36. The quantitative estimate of drug-likeness (QED) is 0.498. The van der Waals surface area contributed by atoms with Gasteiger partial charge in [0.05, 0.1) is 0 Å². The van der Waals surface area contributed by atoms with Crippen molar-refractivity contribution < 1.29 is 0 Å². The van der Waals surface area contributed by atoms with Crippen LogP contribution < -0.4 is 0 Å². The highest BCUT2D eigenvalue weighted by atomic mass is 14.1. The van der Waals surface area contributed by atoms with Crippen LogP contribution in [0.15, 0.2) is 29.0 Å². The summed E-state index contributed by atoms with van der Waals surface area (Å²) in [6, 6.07) is 0. The second-order valence-electron chi connectivity index (χ2n) is 3.03. The van der Waals surface area contributed by atoms with E-state index in [0.29, 0.717) is 0 Å². The van der Waals surface area contributed by atoms with Crippen molar-refractivity contribution in [2.45, 2.75) is 39.5 Å². The lowest BCUT2D eigenvalue weighted by Gasteiger charge is -2.10. The molecular weight excluding hydrogens is 132 g/mol. The molecule has 1 rings (SSSR count). The van der Waals surface area contributed by atoms with E-state index in [0.717, 1.165) is 0 Å². The van der Waals surface area contributed by atoms with E-state index in [9.17, 15) is 0 Å². The Morgan fingerprint density at radius 1 is 1.55 bits per heavy atom. The lowest BCUT2D eigenvalue weighted by atomic mass is 9.95. The minimum Gasteiger partial charge on any atom is -0.122 e. The summed E-state index contributed by atoms with van der Waals surface area (Å²) in [5, 5.41) is 0. The van der Waals surface area contributed by atoms with Crippen LogP contribution in [0.2, 0.25) is 0 Å². The molecule has 0 amide bonds. The van der Waals surface area contributed by atoms with Gasteiger partial charge >= 0.3 is 0 Å². The summed E-state index contributed by atoms with van der Waals surface area (Å²) in [6.07, 6.45) is 9.59. The minimum atomic E-state index is 1.26. The van der Waals surface area contributed by atoms with Crippen LogP contribution in [-0.4, -0.2) is 0 Å². The average Bonchev–Trinajstić information content (AvgIpc) is 2.07. The van der Waals surface area contributed by atoms with Gasteiger partial charge in [-0.05, 0) is 56.8 Å². The topological polar surface area (TPSA) is 0 Å². The Kier molecular flexibility index (Phi) is 3.19. The zero-order valence-electron chi connectivity index (χ0n) is 7.48. The number of hydrogen-bond donors (Lipinski definition) is 0. The van der Waals surface area contributed by atoms with Crippen molar-refractivity contribution in [2.24, 2.45) is 0 Å². The zero-order valence-corrected chi connectivity index (χ0v) is 7.48. The van der Waals surface area contributed by atoms with Gasteiger partial charge < -0.3 is 0 Å². The van der Waals surface area contributed by atoms with Gasteiger partial charge in [0, 0.05) is 0 Å². The molecule has 0 spiro atoms. The molecule has 0 N–H and O–H groups in total. The largest absolute Gasteiger partial charge is 0.122 e. The van der Waals surface area contributed by atoms with Gasteiger partial charge in [0.2, 0.25) is 0 Å². The molecule has 0 aromatic rings. The zero-order chi connectivity index (χ0) is 8.10. The van der Waals surface area contributed by atoms with E-state index in [1.54, 1.807) is 0 Å². The molecular formula is C11H16. The Morgan fingerprint density at radius 3 is 2.91 bits per heavy atom. The summed E-state index contributed by atoms with van der Waals surface area (Å²) in [5.41, 5.74) is 6.07. The van der Waals surface area contributed by atoms with Gasteiger partial charge in [0.25, 0.3) is 0 Å². The van der Waals surface area contributed by atoms with E-state index < -0.39 is 0 Å². The van der Waals surface area contributed by atoms with Crippen molar-refractivity contribution in [1.29, 1.82) is 0 Å². The molecule has 0 heterocycles. The summed E-state index contributed by atoms with van der Waals surface area (Å²) < 4.78 is 0. The Balaban J connectivity index is 2.73. The fourth-order valence-electron chi connectivity index (χ4n) is 1.49. The summed E-state index contributed by atoms with van der Waals surface area (Å²) in [5.74, 6) is 0. The molecule has 11 heavy (non-hydrogen) atoms. The second-order valence-corrected chi connectivity index (χ2v) is 3.03. The molecule has 0 aromatic heterocycles. The third-order valence-electron chi connectivity index (χ3n) is 2.13. The third kappa shape index (κ3) is 2.40. The third-order valence-corrected chi connectivity index (χ3v) is 2.13. The van der Waals surface area contributed by atoms with Gasteiger partial charge in [0.1, 0.15) is 0 Å². The van der Waals surface area contributed by atoms with Crippen LogP contribution in [0, 0.1) is 0 Å². The van der Waals surface area contributed by atoms with Crippen LogP contribution >= 0.6 is 0 Å². The summed E-state index contributed by atoms with van der Waals surface area (Å²) >= 11 is 0. The van der Waals surface area contributed by atoms with Gasteiger partial charge in [-0.1, -0.05) is 6.08 Å². The Labute approximate surface area is 69.3 Å². The highest BCUT2D eigenvalue weighted by Crippen LogP contribution is 2.22. The molecule has 0 heteroatoms. The Morgan fingerprint density at radius 2 is 2.36 bits per heavy atom. The van der Waals surface area contributed by atoms with Gasteiger partial charge in [0.15, 0.2) is 0 Å². The molecule has 1 aliphatic rings. The van der Waals surface area contributed by atoms with E-state index in [1.807, 2.05) is 13.0 Å². The Bertz CT molecular complexity index is 212. The van der Waals surface area contributed by atoms with Crippen LogP contribution in [0.5, 0.6) is 0 Å². The Hall–Kier alpha value is -0.740. The van der Waals surface area contributed by atoms with Crippen molar-refractivity contribution in [2.75, 3.05) is 0 Å². The molecule has 0 saturated heterocycles. The van der Waals surface area contributed by atoms with Crippen LogP contribution in [0.3, 0.4) is 0 Å². The molecule has 0 fully saturated rings. The van der Waals surface area contributed by atoms with E-state index in [2.05, 4.69) is 18.7 Å². The van der Waals surface area contributed by atoms with Crippen molar-refractivity contribution >= 4 is 0 Å². The molecule has 1 aliphatic carbocycles. The first-order valence-electron chi connectivity index (χ1n) is 4.42. The van der Waals surface area contributed by atoms with Crippen molar-refractivity contribution in [1.82, 2.24) is 0 Å². The van der Waals surface area contributed by atoms with Crippen molar-refractivity contribution in [3.8, 4) is 0 Å². The maximum absolute atomic E-state index is 3.24. The monoisotopic (exact) mass is 148 g/mol. The van der Waals surface area contributed by atoms with Crippen LogP contribution in [0.25, 0.3) is 0 Å². The van der Waals surface area contributed by atoms with E-state index >= 15 is 0 Å². The number of hydrogen-bond acceptors (Lipinski definition) is 0. The number of rotatable bonds is 1. The van der Waals surface area contributed by atoms with Crippen LogP contribution in [0.1, 0.15) is 39.5 Å². The van der Waals surface area contributed by atoms with Gasteiger partial charge in [-0.2, -0.15) is 0 Å². The predicted molar refractivity (Wildman–Crippen MR) is 49.5 cm³/mol. The number of allylic oxidation sites excluding steroid dienone is 3. The fourth-order valence-corrected chi connectivity index (χ4v) is 1.49. The lowest BCUT2D eigenvalue weighted by Crippen LogP contribution is -1.91. The molecule has 0 nitrogen and oxygen atoms in total. The van der Waals surface area contributed by atoms with Gasteiger partial charge in [-0.15, -0.1) is 5.73 Å². The van der Waals surface area contributed by atoms with E-state index in [1.165, 1.54) is 36.8 Å². The first-order chi connectivity index (χ1) is 5.34. The van der Waals surface area contributed by atoms with Crippen LogP contribution in [-0.2, 0) is 0 Å². The summed E-state index contributed by atoms with van der Waals surface area (Å²) in [7, 11) is 0.